The summed E-state index contributed by atoms with van der Waals surface area (Å²) in [6.07, 6.45) is 0. The molecule has 3 aromatic rings. The minimum atomic E-state index is -4.09. The van der Waals surface area contributed by atoms with Gasteiger partial charge >= 0.3 is 0 Å². The number of hydrogen-bond donors (Lipinski definition) is 1. The SMILES string of the molecule is COc1ccc(S(=O)(=O)N(CC(=O)Nc2ccc(F)cc2)c2cccc(Cl)c2)cc1. The van der Waals surface area contributed by atoms with Gasteiger partial charge in [-0.05, 0) is 66.7 Å². The zero-order valence-electron chi connectivity index (χ0n) is 15.9. The number of halogens is 2. The van der Waals surface area contributed by atoms with Crippen LogP contribution in [0.2, 0.25) is 5.02 Å². The lowest BCUT2D eigenvalue weighted by Gasteiger charge is -2.24. The summed E-state index contributed by atoms with van der Waals surface area (Å²) in [5.41, 5.74) is 0.571. The number of nitrogens with zero attached hydrogens (tertiary/aromatic N) is 1. The van der Waals surface area contributed by atoms with Crippen LogP contribution in [-0.4, -0.2) is 28.0 Å². The number of rotatable bonds is 7. The van der Waals surface area contributed by atoms with Crippen molar-refractivity contribution in [3.05, 3.63) is 83.6 Å². The van der Waals surface area contributed by atoms with E-state index >= 15 is 0 Å². The van der Waals surface area contributed by atoms with Crippen LogP contribution >= 0.6 is 11.6 Å². The predicted octanol–water partition coefficient (Wildman–Crippen LogP) is 4.32. The molecule has 3 aromatic carbocycles. The van der Waals surface area contributed by atoms with Crippen molar-refractivity contribution in [3.63, 3.8) is 0 Å². The smallest absolute Gasteiger partial charge is 0.264 e. The van der Waals surface area contributed by atoms with E-state index in [-0.39, 0.29) is 10.6 Å². The maximum atomic E-state index is 13.3. The summed E-state index contributed by atoms with van der Waals surface area (Å²) < 4.78 is 45.7. The molecule has 156 valence electrons. The fourth-order valence-corrected chi connectivity index (χ4v) is 4.28. The number of sulfonamides is 1. The monoisotopic (exact) mass is 448 g/mol. The molecule has 3 rings (SSSR count). The van der Waals surface area contributed by atoms with Crippen LogP contribution in [0.3, 0.4) is 0 Å². The third-order valence-electron chi connectivity index (χ3n) is 4.16. The Morgan fingerprint density at radius 3 is 2.33 bits per heavy atom. The number of benzene rings is 3. The summed E-state index contributed by atoms with van der Waals surface area (Å²) >= 11 is 6.03. The van der Waals surface area contributed by atoms with E-state index in [1.807, 2.05) is 0 Å². The Morgan fingerprint density at radius 2 is 1.73 bits per heavy atom. The Labute approximate surface area is 178 Å². The number of amides is 1. The first-order valence-corrected chi connectivity index (χ1v) is 10.6. The summed E-state index contributed by atoms with van der Waals surface area (Å²) in [5.74, 6) is -0.549. The van der Waals surface area contributed by atoms with Crippen LogP contribution in [-0.2, 0) is 14.8 Å². The van der Waals surface area contributed by atoms with Crippen LogP contribution in [0.1, 0.15) is 0 Å². The maximum Gasteiger partial charge on any atom is 0.264 e. The average Bonchev–Trinajstić information content (AvgIpc) is 2.73. The predicted molar refractivity (Wildman–Crippen MR) is 114 cm³/mol. The highest BCUT2D eigenvalue weighted by Crippen LogP contribution is 2.27. The highest BCUT2D eigenvalue weighted by atomic mass is 35.5. The first kappa shape index (κ1) is 21.6. The second-order valence-electron chi connectivity index (χ2n) is 6.22. The molecule has 1 amide bonds. The standard InChI is InChI=1S/C21H18ClFN2O4S/c1-29-19-9-11-20(12-10-19)30(27,28)25(18-4-2-3-15(22)13-18)14-21(26)24-17-7-5-16(23)6-8-17/h2-13H,14H2,1H3,(H,24,26). The second-order valence-corrected chi connectivity index (χ2v) is 8.52. The van der Waals surface area contributed by atoms with Crippen LogP contribution < -0.4 is 14.4 Å². The largest absolute Gasteiger partial charge is 0.497 e. The quantitative estimate of drug-likeness (QED) is 0.584. The molecule has 0 heterocycles. The molecule has 6 nitrogen and oxygen atoms in total. The molecule has 0 saturated carbocycles. The van der Waals surface area contributed by atoms with Crippen LogP contribution in [0.4, 0.5) is 15.8 Å². The first-order chi connectivity index (χ1) is 14.3. The number of carbonyl (C=O) groups is 1. The molecule has 0 aliphatic rings. The number of hydrogen-bond acceptors (Lipinski definition) is 4. The zero-order chi connectivity index (χ0) is 21.7. The van der Waals surface area contributed by atoms with E-state index in [4.69, 9.17) is 16.3 Å². The first-order valence-electron chi connectivity index (χ1n) is 8.77. The van der Waals surface area contributed by atoms with Gasteiger partial charge in [0, 0.05) is 10.7 Å². The molecule has 0 aliphatic heterocycles. The molecule has 0 fully saturated rings. The lowest BCUT2D eigenvalue weighted by molar-refractivity contribution is -0.114. The van der Waals surface area contributed by atoms with E-state index < -0.39 is 28.3 Å². The minimum Gasteiger partial charge on any atom is -0.497 e. The Hall–Kier alpha value is -3.10. The van der Waals surface area contributed by atoms with Gasteiger partial charge in [0.05, 0.1) is 17.7 Å². The molecule has 9 heteroatoms. The molecule has 0 radical (unpaired) electrons. The number of nitrogens with one attached hydrogen (secondary N) is 1. The summed E-state index contributed by atoms with van der Waals surface area (Å²) in [7, 11) is -2.62. The fraction of sp³-hybridized carbons (Fsp3) is 0.0952. The van der Waals surface area contributed by atoms with E-state index in [0.29, 0.717) is 16.5 Å². The molecule has 0 saturated heterocycles. The number of anilines is 2. The van der Waals surface area contributed by atoms with Gasteiger partial charge in [0.15, 0.2) is 0 Å². The highest BCUT2D eigenvalue weighted by Gasteiger charge is 2.27. The molecule has 0 aliphatic carbocycles. The number of methoxy groups -OCH3 is 1. The molecule has 0 unspecified atom stereocenters. The van der Waals surface area contributed by atoms with Crippen molar-refractivity contribution < 1.29 is 22.3 Å². The van der Waals surface area contributed by atoms with Gasteiger partial charge in [-0.1, -0.05) is 17.7 Å². The average molecular weight is 449 g/mol. The highest BCUT2D eigenvalue weighted by molar-refractivity contribution is 7.92. The van der Waals surface area contributed by atoms with E-state index in [1.54, 1.807) is 12.1 Å². The van der Waals surface area contributed by atoms with Gasteiger partial charge < -0.3 is 10.1 Å². The topological polar surface area (TPSA) is 75.7 Å². The summed E-state index contributed by atoms with van der Waals surface area (Å²) in [6, 6.07) is 17.1. The lowest BCUT2D eigenvalue weighted by Crippen LogP contribution is -2.38. The Kier molecular flexibility index (Phi) is 6.59. The number of ether oxygens (including phenoxy) is 1. The third kappa shape index (κ3) is 5.08. The van der Waals surface area contributed by atoms with Gasteiger partial charge in [-0.25, -0.2) is 12.8 Å². The second kappa shape index (κ2) is 9.15. The van der Waals surface area contributed by atoms with Crippen molar-refractivity contribution in [2.24, 2.45) is 0 Å². The molecule has 0 atom stereocenters. The molecular weight excluding hydrogens is 431 g/mol. The van der Waals surface area contributed by atoms with Gasteiger partial charge in [0.25, 0.3) is 10.0 Å². The molecule has 0 spiro atoms. The maximum absolute atomic E-state index is 13.3. The van der Waals surface area contributed by atoms with Crippen LogP contribution in [0.15, 0.2) is 77.7 Å². The lowest BCUT2D eigenvalue weighted by atomic mass is 10.3. The van der Waals surface area contributed by atoms with E-state index in [9.17, 15) is 17.6 Å². The Balaban J connectivity index is 1.93. The van der Waals surface area contributed by atoms with Crippen LogP contribution in [0.5, 0.6) is 5.75 Å². The number of carbonyl (C=O) groups excluding carboxylic acids is 1. The molecular formula is C21H18ClFN2O4S. The van der Waals surface area contributed by atoms with Gasteiger partial charge in [-0.15, -0.1) is 0 Å². The molecule has 30 heavy (non-hydrogen) atoms. The van der Waals surface area contributed by atoms with E-state index in [1.165, 1.54) is 67.8 Å². The zero-order valence-corrected chi connectivity index (χ0v) is 17.5. The molecule has 1 N–H and O–H groups in total. The van der Waals surface area contributed by atoms with Gasteiger partial charge in [0.1, 0.15) is 18.1 Å². The molecule has 0 bridgehead atoms. The normalized spacial score (nSPS) is 11.0. The van der Waals surface area contributed by atoms with Gasteiger partial charge in [-0.3, -0.25) is 9.10 Å². The minimum absolute atomic E-state index is 0.0159. The summed E-state index contributed by atoms with van der Waals surface area (Å²) in [6.45, 7) is -0.508. The van der Waals surface area contributed by atoms with Crippen molar-refractivity contribution in [1.29, 1.82) is 0 Å². The fourth-order valence-electron chi connectivity index (χ4n) is 2.69. The van der Waals surface area contributed by atoms with E-state index in [0.717, 1.165) is 4.31 Å². The molecule has 0 aromatic heterocycles. The van der Waals surface area contributed by atoms with E-state index in [2.05, 4.69) is 5.32 Å². The van der Waals surface area contributed by atoms with Crippen LogP contribution in [0.25, 0.3) is 0 Å². The van der Waals surface area contributed by atoms with Crippen molar-refractivity contribution >= 4 is 38.9 Å². The van der Waals surface area contributed by atoms with Crippen molar-refractivity contribution in [3.8, 4) is 5.75 Å². The Bertz CT molecular complexity index is 1140. The van der Waals surface area contributed by atoms with Crippen molar-refractivity contribution in [1.82, 2.24) is 0 Å². The van der Waals surface area contributed by atoms with Gasteiger partial charge in [-0.2, -0.15) is 0 Å². The van der Waals surface area contributed by atoms with Crippen molar-refractivity contribution in [2.75, 3.05) is 23.3 Å². The third-order valence-corrected chi connectivity index (χ3v) is 6.18. The summed E-state index contributed by atoms with van der Waals surface area (Å²) in [4.78, 5) is 12.6. The van der Waals surface area contributed by atoms with Crippen molar-refractivity contribution in [2.45, 2.75) is 4.90 Å². The van der Waals surface area contributed by atoms with Crippen LogP contribution in [0, 0.1) is 5.82 Å². The summed E-state index contributed by atoms with van der Waals surface area (Å²) in [5, 5.41) is 2.88. The van der Waals surface area contributed by atoms with Gasteiger partial charge in [0.2, 0.25) is 5.91 Å². The Morgan fingerprint density at radius 1 is 1.07 bits per heavy atom.